The van der Waals surface area contributed by atoms with Crippen molar-refractivity contribution in [2.24, 2.45) is 0 Å². The number of sulfonamides is 1. The molecule has 0 bridgehead atoms. The standard InChI is InChI=1S/C17H14N4O2S/c18-12-14-4-2-7-17(11-14)24(22,23)20-16-6-1-5-15(10-16)13-21-9-3-8-19-21/h1-11,20H,13H2. The molecule has 0 radical (unpaired) electrons. The smallest absolute Gasteiger partial charge is 0.261 e. The fourth-order valence-corrected chi connectivity index (χ4v) is 3.36. The maximum Gasteiger partial charge on any atom is 0.261 e. The first-order chi connectivity index (χ1) is 11.6. The van der Waals surface area contributed by atoms with E-state index in [1.54, 1.807) is 41.2 Å². The third-order valence-corrected chi connectivity index (χ3v) is 4.74. The molecule has 0 aliphatic heterocycles. The number of hydrogen-bond acceptors (Lipinski definition) is 4. The van der Waals surface area contributed by atoms with Crippen LogP contribution in [0.5, 0.6) is 0 Å². The van der Waals surface area contributed by atoms with Gasteiger partial charge in [0.1, 0.15) is 0 Å². The summed E-state index contributed by atoms with van der Waals surface area (Å²) in [4.78, 5) is 0.0547. The number of nitrogens with zero attached hydrogens (tertiary/aromatic N) is 3. The Labute approximate surface area is 140 Å². The molecule has 3 rings (SSSR count). The van der Waals surface area contributed by atoms with Gasteiger partial charge >= 0.3 is 0 Å². The van der Waals surface area contributed by atoms with E-state index in [2.05, 4.69) is 9.82 Å². The second kappa shape index (κ2) is 6.56. The van der Waals surface area contributed by atoms with Gasteiger partial charge in [-0.15, -0.1) is 0 Å². The van der Waals surface area contributed by atoms with Crippen LogP contribution in [0, 0.1) is 11.3 Å². The monoisotopic (exact) mass is 338 g/mol. The zero-order valence-corrected chi connectivity index (χ0v) is 13.4. The number of rotatable bonds is 5. The minimum absolute atomic E-state index is 0.0547. The summed E-state index contributed by atoms with van der Waals surface area (Å²) in [6.45, 7) is 0.548. The molecule has 7 heteroatoms. The second-order valence-corrected chi connectivity index (χ2v) is 6.83. The van der Waals surface area contributed by atoms with Gasteiger partial charge in [-0.2, -0.15) is 10.4 Å². The number of nitrogens with one attached hydrogen (secondary N) is 1. The Morgan fingerprint density at radius 1 is 1.12 bits per heavy atom. The van der Waals surface area contributed by atoms with Crippen molar-refractivity contribution in [1.82, 2.24) is 9.78 Å². The van der Waals surface area contributed by atoms with Crippen molar-refractivity contribution in [3.63, 3.8) is 0 Å². The predicted octanol–water partition coefficient (Wildman–Crippen LogP) is 2.60. The summed E-state index contributed by atoms with van der Waals surface area (Å²) in [6, 6.07) is 16.8. The summed E-state index contributed by atoms with van der Waals surface area (Å²) in [5.41, 5.74) is 1.68. The molecule has 1 heterocycles. The van der Waals surface area contributed by atoms with E-state index < -0.39 is 10.0 Å². The Kier molecular flexibility index (Phi) is 4.31. The largest absolute Gasteiger partial charge is 0.280 e. The molecule has 0 fully saturated rings. The lowest BCUT2D eigenvalue weighted by Gasteiger charge is -2.10. The highest BCUT2D eigenvalue weighted by Crippen LogP contribution is 2.18. The minimum Gasteiger partial charge on any atom is -0.280 e. The van der Waals surface area contributed by atoms with E-state index in [-0.39, 0.29) is 4.90 Å². The Hall–Kier alpha value is -3.11. The van der Waals surface area contributed by atoms with Crippen LogP contribution in [0.2, 0.25) is 0 Å². The first-order valence-corrected chi connectivity index (χ1v) is 8.64. The lowest BCUT2D eigenvalue weighted by atomic mass is 10.2. The number of aromatic nitrogens is 2. The van der Waals surface area contributed by atoms with Gasteiger partial charge in [0.15, 0.2) is 0 Å². The number of benzene rings is 2. The summed E-state index contributed by atoms with van der Waals surface area (Å²) >= 11 is 0. The molecule has 0 aliphatic carbocycles. The first-order valence-electron chi connectivity index (χ1n) is 7.16. The van der Waals surface area contributed by atoms with Crippen LogP contribution in [0.1, 0.15) is 11.1 Å². The summed E-state index contributed by atoms with van der Waals surface area (Å²) in [6.07, 6.45) is 3.53. The van der Waals surface area contributed by atoms with Crippen LogP contribution in [0.3, 0.4) is 0 Å². The van der Waals surface area contributed by atoms with Crippen LogP contribution >= 0.6 is 0 Å². The fraction of sp³-hybridized carbons (Fsp3) is 0.0588. The van der Waals surface area contributed by atoms with Crippen molar-refractivity contribution >= 4 is 15.7 Å². The van der Waals surface area contributed by atoms with E-state index in [0.717, 1.165) is 5.56 Å². The van der Waals surface area contributed by atoms with Crippen LogP contribution in [0.15, 0.2) is 71.9 Å². The maximum absolute atomic E-state index is 12.5. The van der Waals surface area contributed by atoms with Crippen molar-refractivity contribution in [3.05, 3.63) is 78.1 Å². The molecular formula is C17H14N4O2S. The van der Waals surface area contributed by atoms with E-state index in [4.69, 9.17) is 5.26 Å². The highest BCUT2D eigenvalue weighted by molar-refractivity contribution is 7.92. The van der Waals surface area contributed by atoms with Crippen molar-refractivity contribution in [2.75, 3.05) is 4.72 Å². The summed E-state index contributed by atoms with van der Waals surface area (Å²) in [5.74, 6) is 0. The molecule has 2 aromatic carbocycles. The molecule has 3 aromatic rings. The van der Waals surface area contributed by atoms with Crippen LogP contribution in [-0.2, 0) is 16.6 Å². The van der Waals surface area contributed by atoms with Gasteiger partial charge in [0.25, 0.3) is 10.0 Å². The van der Waals surface area contributed by atoms with Gasteiger partial charge in [-0.3, -0.25) is 9.40 Å². The van der Waals surface area contributed by atoms with Gasteiger partial charge in [0.05, 0.1) is 23.1 Å². The number of nitriles is 1. The normalized spacial score (nSPS) is 11.0. The SMILES string of the molecule is N#Cc1cccc(S(=O)(=O)Nc2cccc(Cn3cccn3)c2)c1. The summed E-state index contributed by atoms with van der Waals surface area (Å²) in [7, 11) is -3.75. The van der Waals surface area contributed by atoms with E-state index in [0.29, 0.717) is 17.8 Å². The van der Waals surface area contributed by atoms with E-state index in [1.165, 1.54) is 12.1 Å². The molecule has 6 nitrogen and oxygen atoms in total. The number of hydrogen-bond donors (Lipinski definition) is 1. The van der Waals surface area contributed by atoms with Crippen molar-refractivity contribution < 1.29 is 8.42 Å². The summed E-state index contributed by atoms with van der Waals surface area (Å²) in [5, 5.41) is 13.0. The lowest BCUT2D eigenvalue weighted by molar-refractivity contribution is 0.601. The highest BCUT2D eigenvalue weighted by atomic mass is 32.2. The Balaban J connectivity index is 1.83. The van der Waals surface area contributed by atoms with Crippen molar-refractivity contribution in [2.45, 2.75) is 11.4 Å². The fourth-order valence-electron chi connectivity index (χ4n) is 2.26. The van der Waals surface area contributed by atoms with E-state index >= 15 is 0 Å². The van der Waals surface area contributed by atoms with Gasteiger partial charge in [-0.25, -0.2) is 8.42 Å². The maximum atomic E-state index is 12.5. The average Bonchev–Trinajstić information content (AvgIpc) is 3.08. The molecule has 0 atom stereocenters. The molecule has 0 saturated carbocycles. The molecule has 1 N–H and O–H groups in total. The molecule has 0 unspecified atom stereocenters. The van der Waals surface area contributed by atoms with Gasteiger partial charge in [0.2, 0.25) is 0 Å². The Morgan fingerprint density at radius 3 is 2.71 bits per heavy atom. The van der Waals surface area contributed by atoms with Crippen molar-refractivity contribution in [3.8, 4) is 6.07 Å². The first kappa shape index (κ1) is 15.8. The molecule has 0 spiro atoms. The average molecular weight is 338 g/mol. The zero-order chi connectivity index (χ0) is 17.0. The van der Waals surface area contributed by atoms with Crippen LogP contribution in [0.25, 0.3) is 0 Å². The molecule has 120 valence electrons. The van der Waals surface area contributed by atoms with Crippen LogP contribution in [0.4, 0.5) is 5.69 Å². The molecule has 0 amide bonds. The van der Waals surface area contributed by atoms with E-state index in [1.807, 2.05) is 24.4 Å². The van der Waals surface area contributed by atoms with E-state index in [9.17, 15) is 8.42 Å². The molecule has 0 aliphatic rings. The zero-order valence-electron chi connectivity index (χ0n) is 12.6. The van der Waals surface area contributed by atoms with Gasteiger partial charge in [-0.1, -0.05) is 18.2 Å². The van der Waals surface area contributed by atoms with Crippen LogP contribution in [-0.4, -0.2) is 18.2 Å². The third-order valence-electron chi connectivity index (χ3n) is 3.36. The highest BCUT2D eigenvalue weighted by Gasteiger charge is 2.14. The molecule has 0 saturated heterocycles. The molecule has 1 aromatic heterocycles. The second-order valence-electron chi connectivity index (χ2n) is 5.15. The Bertz CT molecular complexity index is 989. The van der Waals surface area contributed by atoms with Crippen molar-refractivity contribution in [1.29, 1.82) is 5.26 Å². The predicted molar refractivity (Wildman–Crippen MR) is 89.7 cm³/mol. The topological polar surface area (TPSA) is 87.8 Å². The molecular weight excluding hydrogens is 324 g/mol. The summed E-state index contributed by atoms with van der Waals surface area (Å²) < 4.78 is 29.2. The Morgan fingerprint density at radius 2 is 1.96 bits per heavy atom. The quantitative estimate of drug-likeness (QED) is 0.774. The minimum atomic E-state index is -3.75. The van der Waals surface area contributed by atoms with Gasteiger partial charge in [-0.05, 0) is 42.0 Å². The van der Waals surface area contributed by atoms with Crippen LogP contribution < -0.4 is 4.72 Å². The lowest BCUT2D eigenvalue weighted by Crippen LogP contribution is -2.13. The third kappa shape index (κ3) is 3.62. The van der Waals surface area contributed by atoms with Gasteiger partial charge < -0.3 is 0 Å². The molecule has 24 heavy (non-hydrogen) atoms. The number of anilines is 1. The van der Waals surface area contributed by atoms with Gasteiger partial charge in [0, 0.05) is 18.1 Å².